The van der Waals surface area contributed by atoms with Gasteiger partial charge in [0.25, 0.3) is 0 Å². The molecule has 2 aliphatic carbocycles. The van der Waals surface area contributed by atoms with Gasteiger partial charge in [-0.25, -0.2) is 4.98 Å². The molecule has 0 amide bonds. The van der Waals surface area contributed by atoms with Crippen molar-refractivity contribution in [1.29, 1.82) is 0 Å². The van der Waals surface area contributed by atoms with Crippen LogP contribution in [0, 0.1) is 6.92 Å². The summed E-state index contributed by atoms with van der Waals surface area (Å²) in [5.74, 6) is 0. The molecule has 2 aromatic heterocycles. The zero-order valence-electron chi connectivity index (χ0n) is 33.0. The number of aryl methyl sites for hydroxylation is 1. The Morgan fingerprint density at radius 1 is 0.333 bits per heavy atom. The van der Waals surface area contributed by atoms with Crippen LogP contribution in [-0.4, -0.2) is 9.97 Å². The molecular weight excluding hydrogens is 689 g/mol. The Kier molecular flexibility index (Phi) is 7.20. The first-order valence-corrected chi connectivity index (χ1v) is 20.1. The molecule has 2 nitrogen and oxygen atoms in total. The second kappa shape index (κ2) is 12.2. The minimum Gasteiger partial charge on any atom is -0.251 e. The standard InChI is InChI=1S/C55H42N2/c1-33-26-38(41-21-12-16-34-14-6-8-18-39(34)41)30-52(56-33)53-29-37(28-51(57-53)44-22-13-17-35-15-7-9-19-40(35)44)36-24-25-43-46-32-49-45(31-50(46)55(4,5)48(43)27-36)42-20-10-11-23-47(42)54(49,2)3/h6-32H,1-5H3. The van der Waals surface area contributed by atoms with Gasteiger partial charge < -0.3 is 0 Å². The van der Waals surface area contributed by atoms with Crippen molar-refractivity contribution in [1.82, 2.24) is 9.97 Å². The van der Waals surface area contributed by atoms with E-state index in [0.717, 1.165) is 39.5 Å². The largest absolute Gasteiger partial charge is 0.251 e. The zero-order chi connectivity index (χ0) is 38.6. The lowest BCUT2D eigenvalue weighted by molar-refractivity contribution is 0.652. The molecule has 0 saturated heterocycles. The van der Waals surface area contributed by atoms with Crippen molar-refractivity contribution in [2.24, 2.45) is 0 Å². The average molecular weight is 731 g/mol. The van der Waals surface area contributed by atoms with Gasteiger partial charge in [0.05, 0.1) is 17.1 Å². The van der Waals surface area contributed by atoms with Gasteiger partial charge in [0.15, 0.2) is 0 Å². The maximum absolute atomic E-state index is 5.43. The SMILES string of the molecule is Cc1cc(-c2cccc3ccccc23)cc(-c2cc(-c3ccc4c(c3)C(C)(C)c3cc5c(cc3-4)C(C)(C)c3ccccc3-5)cc(-c3cccc4ccccc34)n2)n1. The molecule has 0 radical (unpaired) electrons. The van der Waals surface area contributed by atoms with E-state index in [4.69, 9.17) is 9.97 Å². The first kappa shape index (κ1) is 33.7. The van der Waals surface area contributed by atoms with Crippen molar-refractivity contribution in [2.75, 3.05) is 0 Å². The molecule has 0 aliphatic heterocycles. The maximum atomic E-state index is 5.43. The molecular formula is C55H42N2. The van der Waals surface area contributed by atoms with Crippen molar-refractivity contribution in [3.63, 3.8) is 0 Å². The van der Waals surface area contributed by atoms with Gasteiger partial charge in [0, 0.05) is 22.1 Å². The van der Waals surface area contributed by atoms with E-state index >= 15 is 0 Å². The molecule has 0 atom stereocenters. The second-order valence-electron chi connectivity index (χ2n) is 17.1. The zero-order valence-corrected chi connectivity index (χ0v) is 33.0. The molecule has 0 fully saturated rings. The lowest BCUT2D eigenvalue weighted by Crippen LogP contribution is -2.17. The topological polar surface area (TPSA) is 25.8 Å². The van der Waals surface area contributed by atoms with Gasteiger partial charge in [0.2, 0.25) is 0 Å². The molecule has 7 aromatic carbocycles. The van der Waals surface area contributed by atoms with Gasteiger partial charge >= 0.3 is 0 Å². The minimum absolute atomic E-state index is 0.0451. The van der Waals surface area contributed by atoms with Crippen LogP contribution in [-0.2, 0) is 10.8 Å². The predicted octanol–water partition coefficient (Wildman–Crippen LogP) is 14.4. The van der Waals surface area contributed by atoms with Gasteiger partial charge in [0.1, 0.15) is 0 Å². The van der Waals surface area contributed by atoms with Crippen LogP contribution < -0.4 is 0 Å². The highest BCUT2D eigenvalue weighted by Crippen LogP contribution is 2.56. The van der Waals surface area contributed by atoms with E-state index in [1.807, 2.05) is 0 Å². The molecule has 11 rings (SSSR count). The molecule has 9 aromatic rings. The van der Waals surface area contributed by atoms with E-state index in [1.54, 1.807) is 0 Å². The Morgan fingerprint density at radius 2 is 0.842 bits per heavy atom. The van der Waals surface area contributed by atoms with E-state index in [0.29, 0.717) is 0 Å². The molecule has 2 aliphatic rings. The normalized spacial score (nSPS) is 14.3. The summed E-state index contributed by atoms with van der Waals surface area (Å²) in [7, 11) is 0. The fourth-order valence-electron chi connectivity index (χ4n) is 9.96. The summed E-state index contributed by atoms with van der Waals surface area (Å²) in [6.45, 7) is 11.6. The summed E-state index contributed by atoms with van der Waals surface area (Å²) in [5.41, 5.74) is 20.2. The predicted molar refractivity (Wildman–Crippen MR) is 239 cm³/mol. The highest BCUT2D eigenvalue weighted by atomic mass is 14.8. The van der Waals surface area contributed by atoms with E-state index in [2.05, 4.69) is 198 Å². The van der Waals surface area contributed by atoms with Gasteiger partial charge in [-0.2, -0.15) is 0 Å². The Labute approximate surface area is 334 Å². The quantitative estimate of drug-likeness (QED) is 0.180. The van der Waals surface area contributed by atoms with Crippen LogP contribution in [0.5, 0.6) is 0 Å². The summed E-state index contributed by atoms with van der Waals surface area (Å²) < 4.78 is 0. The van der Waals surface area contributed by atoms with Gasteiger partial charge in [-0.1, -0.05) is 149 Å². The number of pyridine rings is 2. The van der Waals surface area contributed by atoms with Crippen molar-refractivity contribution in [3.05, 3.63) is 192 Å². The molecule has 0 saturated carbocycles. The average Bonchev–Trinajstić information content (AvgIpc) is 3.60. The smallest absolute Gasteiger partial charge is 0.0900 e. The molecule has 2 heterocycles. The highest BCUT2D eigenvalue weighted by molar-refractivity contribution is 5.99. The monoisotopic (exact) mass is 730 g/mol. The first-order valence-electron chi connectivity index (χ1n) is 20.1. The van der Waals surface area contributed by atoms with Crippen LogP contribution >= 0.6 is 0 Å². The highest BCUT2D eigenvalue weighted by Gasteiger charge is 2.41. The number of hydrogen-bond acceptors (Lipinski definition) is 2. The summed E-state index contributed by atoms with van der Waals surface area (Å²) >= 11 is 0. The molecule has 2 heteroatoms. The van der Waals surface area contributed by atoms with E-state index < -0.39 is 0 Å². The van der Waals surface area contributed by atoms with Crippen LogP contribution in [0.15, 0.2) is 164 Å². The Morgan fingerprint density at radius 3 is 1.58 bits per heavy atom. The van der Waals surface area contributed by atoms with Crippen molar-refractivity contribution in [2.45, 2.75) is 45.4 Å². The molecule has 272 valence electrons. The van der Waals surface area contributed by atoms with Crippen molar-refractivity contribution < 1.29 is 0 Å². The fraction of sp³-hybridized carbons (Fsp3) is 0.127. The first-order chi connectivity index (χ1) is 27.6. The summed E-state index contributed by atoms with van der Waals surface area (Å²) in [6, 6.07) is 60.3. The molecule has 0 spiro atoms. The van der Waals surface area contributed by atoms with Crippen LogP contribution in [0.25, 0.3) is 88.7 Å². The Bertz CT molecular complexity index is 3130. The van der Waals surface area contributed by atoms with Crippen LogP contribution in [0.1, 0.15) is 55.6 Å². The van der Waals surface area contributed by atoms with Gasteiger partial charge in [-0.15, -0.1) is 0 Å². The number of nitrogens with zero attached hydrogens (tertiary/aromatic N) is 2. The Balaban J connectivity index is 1.09. The van der Waals surface area contributed by atoms with Gasteiger partial charge in [-0.3, -0.25) is 4.98 Å². The number of hydrogen-bond donors (Lipinski definition) is 0. The third-order valence-electron chi connectivity index (χ3n) is 12.9. The summed E-state index contributed by atoms with van der Waals surface area (Å²) in [4.78, 5) is 10.6. The number of fused-ring (bicyclic) bond motifs is 8. The van der Waals surface area contributed by atoms with Crippen LogP contribution in [0.4, 0.5) is 0 Å². The fourth-order valence-corrected chi connectivity index (χ4v) is 9.96. The van der Waals surface area contributed by atoms with E-state index in [-0.39, 0.29) is 10.8 Å². The minimum atomic E-state index is -0.169. The third-order valence-corrected chi connectivity index (χ3v) is 12.9. The summed E-state index contributed by atoms with van der Waals surface area (Å²) in [6.07, 6.45) is 0. The lowest BCUT2D eigenvalue weighted by Gasteiger charge is -2.24. The lowest BCUT2D eigenvalue weighted by atomic mass is 9.79. The van der Waals surface area contributed by atoms with Crippen molar-refractivity contribution in [3.8, 4) is 67.2 Å². The molecule has 0 bridgehead atoms. The third kappa shape index (κ3) is 5.10. The van der Waals surface area contributed by atoms with Crippen LogP contribution in [0.2, 0.25) is 0 Å². The number of benzene rings is 7. The van der Waals surface area contributed by atoms with E-state index in [9.17, 15) is 0 Å². The van der Waals surface area contributed by atoms with Gasteiger partial charge in [-0.05, 0) is 138 Å². The summed E-state index contributed by atoms with van der Waals surface area (Å²) in [5, 5.41) is 4.84. The molecule has 57 heavy (non-hydrogen) atoms. The molecule has 0 N–H and O–H groups in total. The number of rotatable bonds is 4. The maximum Gasteiger partial charge on any atom is 0.0900 e. The number of aromatic nitrogens is 2. The second-order valence-corrected chi connectivity index (χ2v) is 17.1. The van der Waals surface area contributed by atoms with E-state index in [1.165, 1.54) is 77.2 Å². The Hall–Kier alpha value is -6.64. The molecule has 0 unspecified atom stereocenters. The van der Waals surface area contributed by atoms with Crippen molar-refractivity contribution >= 4 is 21.5 Å². The van der Waals surface area contributed by atoms with Crippen LogP contribution in [0.3, 0.4) is 0 Å².